The highest BCUT2D eigenvalue weighted by Gasteiger charge is 2.12. The van der Waals surface area contributed by atoms with Crippen LogP contribution < -0.4 is 5.32 Å². The van der Waals surface area contributed by atoms with Crippen LogP contribution in [0, 0.1) is 12.7 Å². The number of hydrogen-bond acceptors (Lipinski definition) is 3. The number of imidazole rings is 1. The van der Waals surface area contributed by atoms with Crippen LogP contribution in [0.2, 0.25) is 0 Å². The normalized spacial score (nSPS) is 11.8. The Morgan fingerprint density at radius 2 is 2.05 bits per heavy atom. The average molecular weight is 276 g/mol. The molecule has 5 heteroatoms. The molecule has 4 nitrogen and oxygen atoms in total. The van der Waals surface area contributed by atoms with Gasteiger partial charge in [0, 0.05) is 24.2 Å². The van der Waals surface area contributed by atoms with Crippen molar-refractivity contribution in [2.24, 2.45) is 0 Å². The number of hydrogen-bond donors (Lipinski definition) is 2. The van der Waals surface area contributed by atoms with Crippen LogP contribution in [0.4, 0.5) is 4.39 Å². The van der Waals surface area contributed by atoms with E-state index in [2.05, 4.69) is 41.0 Å². The van der Waals surface area contributed by atoms with Crippen molar-refractivity contribution in [1.29, 1.82) is 0 Å². The van der Waals surface area contributed by atoms with Gasteiger partial charge in [-0.05, 0) is 39.8 Å². The summed E-state index contributed by atoms with van der Waals surface area (Å²) in [6.07, 6.45) is 2.03. The van der Waals surface area contributed by atoms with Crippen LogP contribution in [0.15, 0.2) is 18.3 Å². The molecule has 0 unspecified atom stereocenters. The lowest BCUT2D eigenvalue weighted by Gasteiger charge is -2.19. The van der Waals surface area contributed by atoms with Crippen molar-refractivity contribution in [1.82, 2.24) is 20.3 Å². The van der Waals surface area contributed by atoms with E-state index in [1.165, 1.54) is 12.3 Å². The molecule has 108 valence electrons. The zero-order chi connectivity index (χ0) is 14.8. The highest BCUT2D eigenvalue weighted by Crippen LogP contribution is 2.19. The van der Waals surface area contributed by atoms with Gasteiger partial charge < -0.3 is 10.3 Å². The summed E-state index contributed by atoms with van der Waals surface area (Å²) in [5, 5.41) is 3.42. The summed E-state index contributed by atoms with van der Waals surface area (Å²) in [4.78, 5) is 11.9. The molecule has 0 bridgehead atoms. The molecule has 0 atom stereocenters. The first-order valence-corrected chi connectivity index (χ1v) is 6.77. The van der Waals surface area contributed by atoms with Gasteiger partial charge in [-0.15, -0.1) is 0 Å². The third kappa shape index (κ3) is 3.87. The number of H-pyrrole nitrogens is 1. The molecule has 0 saturated heterocycles. The molecule has 0 fully saturated rings. The van der Waals surface area contributed by atoms with Gasteiger partial charge in [-0.1, -0.05) is 0 Å². The maximum atomic E-state index is 12.9. The molecular formula is C15H21FN4. The van der Waals surface area contributed by atoms with Gasteiger partial charge in [-0.2, -0.15) is 0 Å². The first-order valence-electron chi connectivity index (χ1n) is 6.77. The standard InChI is InChI=1S/C15H21FN4/c1-10-14(12-6-5-11(16)9-17-12)20-13(19-10)7-8-18-15(2,3)4/h5-6,9,18H,7-8H2,1-4H3,(H,19,20). The van der Waals surface area contributed by atoms with Gasteiger partial charge in [-0.3, -0.25) is 4.98 Å². The quantitative estimate of drug-likeness (QED) is 0.903. The molecule has 2 heterocycles. The molecule has 20 heavy (non-hydrogen) atoms. The third-order valence-electron chi connectivity index (χ3n) is 2.92. The van der Waals surface area contributed by atoms with Crippen molar-refractivity contribution >= 4 is 0 Å². The lowest BCUT2D eigenvalue weighted by Crippen LogP contribution is -2.37. The SMILES string of the molecule is Cc1[nH]c(CCNC(C)(C)C)nc1-c1ccc(F)cn1. The molecule has 0 aliphatic carbocycles. The number of halogens is 1. The Morgan fingerprint density at radius 1 is 1.30 bits per heavy atom. The van der Waals surface area contributed by atoms with Gasteiger partial charge in [0.25, 0.3) is 0 Å². The van der Waals surface area contributed by atoms with Crippen molar-refractivity contribution in [3.63, 3.8) is 0 Å². The molecule has 2 aromatic heterocycles. The maximum Gasteiger partial charge on any atom is 0.141 e. The van der Waals surface area contributed by atoms with Crippen molar-refractivity contribution in [2.45, 2.75) is 39.7 Å². The van der Waals surface area contributed by atoms with Crippen LogP contribution in [0.3, 0.4) is 0 Å². The minimum absolute atomic E-state index is 0.100. The Morgan fingerprint density at radius 3 is 2.65 bits per heavy atom. The molecule has 0 radical (unpaired) electrons. The van der Waals surface area contributed by atoms with E-state index in [4.69, 9.17) is 0 Å². The van der Waals surface area contributed by atoms with E-state index in [-0.39, 0.29) is 11.4 Å². The number of pyridine rings is 1. The molecular weight excluding hydrogens is 255 g/mol. The molecule has 0 spiro atoms. The maximum absolute atomic E-state index is 12.9. The first-order chi connectivity index (χ1) is 9.35. The zero-order valence-electron chi connectivity index (χ0n) is 12.4. The molecule has 0 aliphatic rings. The van der Waals surface area contributed by atoms with E-state index < -0.39 is 0 Å². The van der Waals surface area contributed by atoms with Crippen LogP contribution in [-0.2, 0) is 6.42 Å². The van der Waals surface area contributed by atoms with E-state index in [9.17, 15) is 4.39 Å². The Balaban J connectivity index is 2.08. The average Bonchev–Trinajstić information content (AvgIpc) is 2.70. The summed E-state index contributed by atoms with van der Waals surface area (Å²) in [6, 6.07) is 3.05. The van der Waals surface area contributed by atoms with Gasteiger partial charge in [0.15, 0.2) is 0 Å². The minimum Gasteiger partial charge on any atom is -0.345 e. The van der Waals surface area contributed by atoms with Crippen LogP contribution >= 0.6 is 0 Å². The van der Waals surface area contributed by atoms with E-state index >= 15 is 0 Å². The van der Waals surface area contributed by atoms with E-state index in [0.29, 0.717) is 5.69 Å². The lowest BCUT2D eigenvalue weighted by molar-refractivity contribution is 0.427. The van der Waals surface area contributed by atoms with Crippen LogP contribution in [0.25, 0.3) is 11.4 Å². The summed E-state index contributed by atoms with van der Waals surface area (Å²) in [7, 11) is 0. The summed E-state index contributed by atoms with van der Waals surface area (Å²) < 4.78 is 12.9. The second kappa shape index (κ2) is 5.71. The molecule has 2 rings (SSSR count). The number of aryl methyl sites for hydroxylation is 1. The monoisotopic (exact) mass is 276 g/mol. The largest absolute Gasteiger partial charge is 0.345 e. The Kier molecular flexibility index (Phi) is 4.18. The summed E-state index contributed by atoms with van der Waals surface area (Å²) in [6.45, 7) is 9.21. The first kappa shape index (κ1) is 14.7. The molecule has 0 saturated carbocycles. The highest BCUT2D eigenvalue weighted by atomic mass is 19.1. The molecule has 0 aromatic carbocycles. The fourth-order valence-electron chi connectivity index (χ4n) is 1.96. The fraction of sp³-hybridized carbons (Fsp3) is 0.467. The summed E-state index contributed by atoms with van der Waals surface area (Å²) in [5.74, 6) is 0.580. The number of aromatic amines is 1. The predicted octanol–water partition coefficient (Wildman–Crippen LogP) is 2.85. The van der Waals surface area contributed by atoms with Gasteiger partial charge in [0.2, 0.25) is 0 Å². The number of nitrogens with zero attached hydrogens (tertiary/aromatic N) is 2. The van der Waals surface area contributed by atoms with Crippen LogP contribution in [-0.4, -0.2) is 27.0 Å². The van der Waals surface area contributed by atoms with Crippen molar-refractivity contribution in [3.05, 3.63) is 35.7 Å². The number of aromatic nitrogens is 3. The molecule has 0 amide bonds. The molecule has 0 aliphatic heterocycles. The van der Waals surface area contributed by atoms with Gasteiger partial charge >= 0.3 is 0 Å². The second-order valence-corrected chi connectivity index (χ2v) is 5.95. The minimum atomic E-state index is -0.337. The Labute approximate surface area is 118 Å². The smallest absolute Gasteiger partial charge is 0.141 e. The van der Waals surface area contributed by atoms with Gasteiger partial charge in [0.1, 0.15) is 17.3 Å². The summed E-state index contributed by atoms with van der Waals surface area (Å²) in [5.41, 5.74) is 2.53. The highest BCUT2D eigenvalue weighted by molar-refractivity contribution is 5.56. The summed E-state index contributed by atoms with van der Waals surface area (Å²) >= 11 is 0. The van der Waals surface area contributed by atoms with Crippen molar-refractivity contribution < 1.29 is 4.39 Å². The second-order valence-electron chi connectivity index (χ2n) is 5.95. The Hall–Kier alpha value is -1.75. The predicted molar refractivity (Wildman–Crippen MR) is 78.0 cm³/mol. The van der Waals surface area contributed by atoms with E-state index in [0.717, 1.165) is 30.2 Å². The van der Waals surface area contributed by atoms with Gasteiger partial charge in [0.05, 0.1) is 11.9 Å². The van der Waals surface area contributed by atoms with Crippen molar-refractivity contribution in [2.75, 3.05) is 6.54 Å². The fourth-order valence-corrected chi connectivity index (χ4v) is 1.96. The van der Waals surface area contributed by atoms with Crippen LogP contribution in [0.5, 0.6) is 0 Å². The number of nitrogens with one attached hydrogen (secondary N) is 2. The van der Waals surface area contributed by atoms with Gasteiger partial charge in [-0.25, -0.2) is 9.37 Å². The van der Waals surface area contributed by atoms with E-state index in [1.54, 1.807) is 6.07 Å². The molecule has 2 aromatic rings. The van der Waals surface area contributed by atoms with Crippen molar-refractivity contribution in [3.8, 4) is 11.4 Å². The van der Waals surface area contributed by atoms with E-state index in [1.807, 2.05) is 6.92 Å². The molecule has 2 N–H and O–H groups in total. The Bertz CT molecular complexity index is 567. The number of rotatable bonds is 4. The topological polar surface area (TPSA) is 53.6 Å². The lowest BCUT2D eigenvalue weighted by atomic mass is 10.1. The zero-order valence-corrected chi connectivity index (χ0v) is 12.4. The van der Waals surface area contributed by atoms with Crippen LogP contribution in [0.1, 0.15) is 32.3 Å². The third-order valence-corrected chi connectivity index (χ3v) is 2.92.